The summed E-state index contributed by atoms with van der Waals surface area (Å²) in [7, 11) is 0. The molecular formula is C30H31NO7. The van der Waals surface area contributed by atoms with E-state index >= 15 is 0 Å². The van der Waals surface area contributed by atoms with Gasteiger partial charge in [-0.3, -0.25) is 0 Å². The Balaban J connectivity index is 1.58. The van der Waals surface area contributed by atoms with E-state index < -0.39 is 29.2 Å². The number of para-hydroxylation sites is 1. The number of ether oxygens (including phenoxy) is 3. The summed E-state index contributed by atoms with van der Waals surface area (Å²) in [4.78, 5) is 37.8. The molecular weight excluding hydrogens is 486 g/mol. The van der Waals surface area contributed by atoms with Gasteiger partial charge >= 0.3 is 18.0 Å². The molecule has 3 aromatic rings. The number of fused-ring (bicyclic) bond motifs is 1. The number of aryl methyl sites for hydroxylation is 1. The van der Waals surface area contributed by atoms with Gasteiger partial charge in [-0.25, -0.2) is 14.4 Å². The van der Waals surface area contributed by atoms with Crippen LogP contribution in [0.15, 0.2) is 72.8 Å². The largest absolute Gasteiger partial charge is 0.479 e. The molecule has 0 fully saturated rings. The molecule has 38 heavy (non-hydrogen) atoms. The van der Waals surface area contributed by atoms with Crippen molar-refractivity contribution in [3.8, 4) is 11.5 Å². The van der Waals surface area contributed by atoms with Crippen LogP contribution in [0.25, 0.3) is 0 Å². The van der Waals surface area contributed by atoms with Gasteiger partial charge in [-0.1, -0.05) is 54.6 Å². The molecule has 0 saturated carbocycles. The van der Waals surface area contributed by atoms with Crippen LogP contribution in [0.3, 0.4) is 0 Å². The Kier molecular flexibility index (Phi) is 7.71. The fourth-order valence-electron chi connectivity index (χ4n) is 4.37. The second-order valence-electron chi connectivity index (χ2n) is 10.2. The lowest BCUT2D eigenvalue weighted by Crippen LogP contribution is -2.58. The van der Waals surface area contributed by atoms with Gasteiger partial charge in [-0.15, -0.1) is 0 Å². The van der Waals surface area contributed by atoms with Gasteiger partial charge in [0.25, 0.3) is 0 Å². The van der Waals surface area contributed by atoms with E-state index in [1.165, 1.54) is 0 Å². The number of carbonyl (C=O) groups excluding carboxylic acids is 2. The number of carboxylic acids is 1. The van der Waals surface area contributed by atoms with Crippen molar-refractivity contribution in [1.82, 2.24) is 5.32 Å². The standard InChI is InChI=1S/C30H31NO7/c1-29(2,3)38-28(35)31-30(27(33)34)17-16-21-12-9-15-25(23(21)18-30)37-24-14-8-7-13-22(24)26(32)36-19-20-10-5-4-6-11-20/h4-15H,16-19H2,1-3H3,(H,31,35)(H,33,34)/t30-/m0/s1. The summed E-state index contributed by atoms with van der Waals surface area (Å²) < 4.78 is 17.0. The van der Waals surface area contributed by atoms with Gasteiger partial charge in [-0.05, 0) is 62.9 Å². The summed E-state index contributed by atoms with van der Waals surface area (Å²) in [5.41, 5.74) is 0.318. The number of amides is 1. The number of aliphatic carboxylic acids is 1. The Bertz CT molecular complexity index is 1330. The monoisotopic (exact) mass is 517 g/mol. The number of carbonyl (C=O) groups is 3. The van der Waals surface area contributed by atoms with Gasteiger partial charge in [-0.2, -0.15) is 0 Å². The molecule has 1 amide bonds. The number of esters is 1. The summed E-state index contributed by atoms with van der Waals surface area (Å²) in [6, 6.07) is 21.5. The summed E-state index contributed by atoms with van der Waals surface area (Å²) in [6.07, 6.45) is -0.197. The highest BCUT2D eigenvalue weighted by Crippen LogP contribution is 2.38. The average Bonchev–Trinajstić information content (AvgIpc) is 2.87. The Hall–Kier alpha value is -4.33. The number of hydrogen-bond donors (Lipinski definition) is 2. The highest BCUT2D eigenvalue weighted by atomic mass is 16.6. The molecule has 1 aliphatic carbocycles. The molecule has 0 aromatic heterocycles. The zero-order chi connectivity index (χ0) is 27.3. The second-order valence-corrected chi connectivity index (χ2v) is 10.2. The SMILES string of the molecule is CC(C)(C)OC(=O)N[C@@]1(C(=O)O)CCc2cccc(Oc3ccccc3C(=O)OCc3ccccc3)c2C1. The molecule has 8 nitrogen and oxygen atoms in total. The summed E-state index contributed by atoms with van der Waals surface area (Å²) in [6.45, 7) is 5.26. The van der Waals surface area contributed by atoms with E-state index in [0.717, 1.165) is 11.1 Å². The molecule has 198 valence electrons. The number of carboxylic acid groups (broad SMARTS) is 1. The van der Waals surface area contributed by atoms with Crippen molar-refractivity contribution < 1.29 is 33.7 Å². The minimum atomic E-state index is -1.57. The third-order valence-electron chi connectivity index (χ3n) is 6.22. The van der Waals surface area contributed by atoms with Gasteiger partial charge in [0, 0.05) is 12.0 Å². The smallest absolute Gasteiger partial charge is 0.408 e. The van der Waals surface area contributed by atoms with E-state index in [0.29, 0.717) is 17.7 Å². The Morgan fingerprint density at radius 1 is 0.921 bits per heavy atom. The normalized spacial score (nSPS) is 16.6. The van der Waals surface area contributed by atoms with Crippen molar-refractivity contribution in [2.45, 2.75) is 57.8 Å². The number of alkyl carbamates (subject to hydrolysis) is 1. The first kappa shape index (κ1) is 26.7. The summed E-state index contributed by atoms with van der Waals surface area (Å²) in [5.74, 6) is -1.01. The molecule has 0 radical (unpaired) electrons. The maximum Gasteiger partial charge on any atom is 0.408 e. The summed E-state index contributed by atoms with van der Waals surface area (Å²) >= 11 is 0. The van der Waals surface area contributed by atoms with Crippen molar-refractivity contribution in [2.75, 3.05) is 0 Å². The first-order chi connectivity index (χ1) is 18.1. The Morgan fingerprint density at radius 2 is 1.61 bits per heavy atom. The van der Waals surface area contributed by atoms with Gasteiger partial charge < -0.3 is 24.6 Å². The van der Waals surface area contributed by atoms with E-state index in [2.05, 4.69) is 5.32 Å². The van der Waals surface area contributed by atoms with Crippen molar-refractivity contribution >= 4 is 18.0 Å². The van der Waals surface area contributed by atoms with Crippen molar-refractivity contribution in [1.29, 1.82) is 0 Å². The van der Waals surface area contributed by atoms with Gasteiger partial charge in [0.05, 0.1) is 0 Å². The summed E-state index contributed by atoms with van der Waals surface area (Å²) in [5, 5.41) is 12.7. The third kappa shape index (κ3) is 6.32. The Labute approximate surface area is 221 Å². The van der Waals surface area contributed by atoms with Gasteiger partial charge in [0.2, 0.25) is 0 Å². The van der Waals surface area contributed by atoms with Crippen LogP contribution in [-0.2, 0) is 33.7 Å². The van der Waals surface area contributed by atoms with Gasteiger partial charge in [0.15, 0.2) is 0 Å². The highest BCUT2D eigenvalue weighted by molar-refractivity contribution is 5.92. The highest BCUT2D eigenvalue weighted by Gasteiger charge is 2.45. The number of nitrogens with one attached hydrogen (secondary N) is 1. The zero-order valence-corrected chi connectivity index (χ0v) is 21.7. The van der Waals surface area contributed by atoms with Crippen LogP contribution in [0.4, 0.5) is 4.79 Å². The van der Waals surface area contributed by atoms with Crippen LogP contribution in [-0.4, -0.2) is 34.3 Å². The Morgan fingerprint density at radius 3 is 2.32 bits per heavy atom. The van der Waals surface area contributed by atoms with Crippen LogP contribution >= 0.6 is 0 Å². The van der Waals surface area contributed by atoms with E-state index in [1.54, 1.807) is 51.1 Å². The number of hydrogen-bond acceptors (Lipinski definition) is 6. The zero-order valence-electron chi connectivity index (χ0n) is 21.7. The molecule has 0 aliphatic heterocycles. The first-order valence-corrected chi connectivity index (χ1v) is 12.4. The van der Waals surface area contributed by atoms with E-state index in [9.17, 15) is 19.5 Å². The maximum absolute atomic E-state index is 12.9. The molecule has 8 heteroatoms. The van der Waals surface area contributed by atoms with Crippen LogP contribution in [0, 0.1) is 0 Å². The molecule has 2 N–H and O–H groups in total. The minimum Gasteiger partial charge on any atom is -0.479 e. The predicted octanol–water partition coefficient (Wildman–Crippen LogP) is 5.67. The second kappa shape index (κ2) is 11.0. The predicted molar refractivity (Wildman–Crippen MR) is 140 cm³/mol. The average molecular weight is 518 g/mol. The van der Waals surface area contributed by atoms with E-state index in [4.69, 9.17) is 14.2 Å². The molecule has 0 heterocycles. The fourth-order valence-corrected chi connectivity index (χ4v) is 4.37. The number of benzene rings is 3. The molecule has 1 atom stereocenters. The van der Waals surface area contributed by atoms with Crippen LogP contribution in [0.5, 0.6) is 11.5 Å². The molecule has 0 unspecified atom stereocenters. The van der Waals surface area contributed by atoms with E-state index in [1.807, 2.05) is 42.5 Å². The fraction of sp³-hybridized carbons (Fsp3) is 0.300. The lowest BCUT2D eigenvalue weighted by Gasteiger charge is -2.36. The first-order valence-electron chi connectivity index (χ1n) is 12.4. The molecule has 0 spiro atoms. The van der Waals surface area contributed by atoms with Crippen molar-refractivity contribution in [2.24, 2.45) is 0 Å². The molecule has 0 bridgehead atoms. The molecule has 1 aliphatic rings. The third-order valence-corrected chi connectivity index (χ3v) is 6.22. The van der Waals surface area contributed by atoms with Crippen LogP contribution in [0.1, 0.15) is 54.2 Å². The lowest BCUT2D eigenvalue weighted by molar-refractivity contribution is -0.145. The van der Waals surface area contributed by atoms with E-state index in [-0.39, 0.29) is 30.8 Å². The van der Waals surface area contributed by atoms with Crippen molar-refractivity contribution in [3.05, 3.63) is 95.1 Å². The molecule has 3 aromatic carbocycles. The van der Waals surface area contributed by atoms with Crippen molar-refractivity contribution in [3.63, 3.8) is 0 Å². The number of rotatable bonds is 7. The molecule has 4 rings (SSSR count). The lowest BCUT2D eigenvalue weighted by atomic mass is 9.77. The molecule has 0 saturated heterocycles. The van der Waals surface area contributed by atoms with Gasteiger partial charge in [0.1, 0.15) is 34.8 Å². The maximum atomic E-state index is 12.9. The quantitative estimate of drug-likeness (QED) is 0.388. The van der Waals surface area contributed by atoms with Crippen LogP contribution < -0.4 is 10.1 Å². The minimum absolute atomic E-state index is 0.00625. The topological polar surface area (TPSA) is 111 Å². The van der Waals surface area contributed by atoms with Crippen LogP contribution in [0.2, 0.25) is 0 Å².